The summed E-state index contributed by atoms with van der Waals surface area (Å²) in [4.78, 5) is 0. The number of phenols is 1. The number of aryl methyl sites for hydroxylation is 1. The highest BCUT2D eigenvalue weighted by Gasteiger charge is 2.48. The van der Waals surface area contributed by atoms with Gasteiger partial charge in [-0.3, -0.25) is 0 Å². The van der Waals surface area contributed by atoms with E-state index in [-0.39, 0.29) is 18.5 Å². The molecule has 1 heterocycles. The molecule has 4 rings (SSSR count). The molecule has 1 aliphatic heterocycles. The van der Waals surface area contributed by atoms with E-state index in [9.17, 15) is 10.2 Å². The first-order valence-electron chi connectivity index (χ1n) is 19.6. The Morgan fingerprint density at radius 3 is 2.23 bits per heavy atom. The average molecular weight is 737 g/mol. The first-order valence-corrected chi connectivity index (χ1v) is 19.6. The maximum atomic E-state index is 11.1. The lowest BCUT2D eigenvalue weighted by atomic mass is 9.75. The summed E-state index contributed by atoms with van der Waals surface area (Å²) in [6.45, 7) is 12.7. The van der Waals surface area contributed by atoms with Crippen molar-refractivity contribution in [3.63, 3.8) is 0 Å². The number of fused-ring (bicyclic) bond motifs is 1. The topological polar surface area (TPSA) is 150 Å². The van der Waals surface area contributed by atoms with Gasteiger partial charge in [-0.15, -0.1) is 0 Å². The normalized spacial score (nSPS) is 16.5. The van der Waals surface area contributed by atoms with Crippen molar-refractivity contribution in [1.82, 2.24) is 16.0 Å². The molecule has 8 N–H and O–H groups in total. The van der Waals surface area contributed by atoms with Gasteiger partial charge in [0.25, 0.3) is 0 Å². The molecular weight excluding hydrogens is 668 g/mol. The number of unbranched alkanes of at least 4 members (excludes halogenated alkanes) is 1. The number of rotatable bonds is 24. The number of phenolic OH excluding ortho intramolecular Hbond substituents is 1. The smallest absolute Gasteiger partial charge is 0.160 e. The van der Waals surface area contributed by atoms with E-state index in [4.69, 9.17) is 25.1 Å². The molecule has 296 valence electrons. The van der Waals surface area contributed by atoms with Gasteiger partial charge in [-0.2, -0.15) is 0 Å². The van der Waals surface area contributed by atoms with Crippen molar-refractivity contribution < 1.29 is 29.5 Å². The Morgan fingerprint density at radius 1 is 0.830 bits per heavy atom. The van der Waals surface area contributed by atoms with Gasteiger partial charge in [0.15, 0.2) is 11.5 Å². The van der Waals surface area contributed by atoms with Gasteiger partial charge in [-0.05, 0) is 153 Å². The zero-order valence-corrected chi connectivity index (χ0v) is 32.8. The second-order valence-corrected chi connectivity index (χ2v) is 14.6. The maximum absolute atomic E-state index is 11.1. The molecule has 0 radical (unpaired) electrons. The van der Waals surface area contributed by atoms with E-state index < -0.39 is 11.2 Å². The van der Waals surface area contributed by atoms with Crippen LogP contribution >= 0.6 is 0 Å². The van der Waals surface area contributed by atoms with Crippen molar-refractivity contribution >= 4 is 0 Å². The number of benzene rings is 3. The lowest BCUT2D eigenvalue weighted by Gasteiger charge is -2.47. The molecule has 3 aromatic rings. The largest absolute Gasteiger partial charge is 0.504 e. The highest BCUT2D eigenvalue weighted by molar-refractivity contribution is 5.44. The van der Waals surface area contributed by atoms with Gasteiger partial charge in [0.2, 0.25) is 0 Å². The SMILES string of the molecule is CC(CCCc1ccccc1)Oc1ccc2c(c1)OC(C)(C)C(O)(CCCO)C2.COc1cc(CNCCCNCCCCNCCCN)ccc1O. The minimum absolute atomic E-state index is 0.0696. The van der Waals surface area contributed by atoms with Gasteiger partial charge in [-0.25, -0.2) is 0 Å². The summed E-state index contributed by atoms with van der Waals surface area (Å²) in [7, 11) is 1.56. The van der Waals surface area contributed by atoms with Gasteiger partial charge < -0.3 is 51.2 Å². The number of aliphatic hydroxyl groups excluding tert-OH is 1. The Kier molecular flexibility index (Phi) is 20.0. The summed E-state index contributed by atoms with van der Waals surface area (Å²) >= 11 is 0. The fourth-order valence-corrected chi connectivity index (χ4v) is 6.42. The van der Waals surface area contributed by atoms with E-state index in [0.717, 1.165) is 101 Å². The molecule has 0 amide bonds. The van der Waals surface area contributed by atoms with Crippen LogP contribution in [0.3, 0.4) is 0 Å². The van der Waals surface area contributed by atoms with E-state index in [2.05, 4.69) is 47.1 Å². The Balaban J connectivity index is 0.000000291. The van der Waals surface area contributed by atoms with E-state index in [0.29, 0.717) is 25.0 Å². The Hall–Kier alpha value is -3.38. The molecule has 0 saturated heterocycles. The third-order valence-corrected chi connectivity index (χ3v) is 9.81. The molecule has 2 unspecified atom stereocenters. The number of nitrogens with one attached hydrogen (secondary N) is 3. The molecule has 53 heavy (non-hydrogen) atoms. The van der Waals surface area contributed by atoms with Crippen molar-refractivity contribution in [2.45, 2.75) is 109 Å². The molecule has 0 fully saturated rings. The Labute approximate surface area is 318 Å². The van der Waals surface area contributed by atoms with Crippen molar-refractivity contribution in [2.75, 3.05) is 53.0 Å². The highest BCUT2D eigenvalue weighted by atomic mass is 16.5. The first kappa shape index (κ1) is 44.0. The lowest BCUT2D eigenvalue weighted by molar-refractivity contribution is -0.133. The second kappa shape index (κ2) is 24.1. The zero-order valence-electron chi connectivity index (χ0n) is 32.8. The molecule has 10 nitrogen and oxygen atoms in total. The molecule has 2 atom stereocenters. The van der Waals surface area contributed by atoms with Crippen LogP contribution in [0.4, 0.5) is 0 Å². The lowest BCUT2D eigenvalue weighted by Crippen LogP contribution is -2.57. The predicted molar refractivity (Wildman–Crippen MR) is 215 cm³/mol. The first-order chi connectivity index (χ1) is 25.6. The summed E-state index contributed by atoms with van der Waals surface area (Å²) in [6.07, 6.45) is 9.39. The van der Waals surface area contributed by atoms with Crippen molar-refractivity contribution in [3.8, 4) is 23.0 Å². The van der Waals surface area contributed by atoms with Crippen LogP contribution in [0.2, 0.25) is 0 Å². The van der Waals surface area contributed by atoms with Crippen LogP contribution < -0.4 is 35.9 Å². The van der Waals surface area contributed by atoms with Crippen LogP contribution in [0.5, 0.6) is 23.0 Å². The van der Waals surface area contributed by atoms with Gasteiger partial charge >= 0.3 is 0 Å². The molecule has 0 aromatic heterocycles. The van der Waals surface area contributed by atoms with Crippen LogP contribution in [0.15, 0.2) is 66.7 Å². The third kappa shape index (κ3) is 15.9. The molecule has 10 heteroatoms. The van der Waals surface area contributed by atoms with Crippen LogP contribution in [-0.2, 0) is 19.4 Å². The number of hydrogen-bond acceptors (Lipinski definition) is 10. The van der Waals surface area contributed by atoms with Crippen LogP contribution in [0, 0.1) is 0 Å². The molecule has 0 spiro atoms. The standard InChI is InChI=1S/C25H34O4.C18H34N4O2/c1-19(9-7-12-20-10-5-4-6-11-20)28-22-14-13-21-18-25(27,15-8-16-26)24(2,3)29-23(21)17-22;1-24-18-14-16(6-7-17(18)23)15-22-13-5-12-21-10-3-2-9-20-11-4-8-19/h4-6,10-11,13-14,17,19,26-27H,7-9,12,15-16,18H2,1-3H3;6-7,14,20-23H,2-5,8-13,15,19H2,1H3. The van der Waals surface area contributed by atoms with Crippen LogP contribution in [0.1, 0.15) is 88.8 Å². The van der Waals surface area contributed by atoms with Crippen molar-refractivity contribution in [3.05, 3.63) is 83.4 Å². The summed E-state index contributed by atoms with van der Waals surface area (Å²) in [5.74, 6) is 2.28. The summed E-state index contributed by atoms with van der Waals surface area (Å²) < 4.78 is 17.4. The predicted octanol–water partition coefficient (Wildman–Crippen LogP) is 5.88. The van der Waals surface area contributed by atoms with Gasteiger partial charge in [-0.1, -0.05) is 42.5 Å². The number of aromatic hydroxyl groups is 1. The summed E-state index contributed by atoms with van der Waals surface area (Å²) in [5, 5.41) is 40.1. The quantitative estimate of drug-likeness (QED) is 0.0556. The second-order valence-electron chi connectivity index (χ2n) is 14.6. The van der Waals surface area contributed by atoms with E-state index in [1.54, 1.807) is 13.2 Å². The van der Waals surface area contributed by atoms with Gasteiger partial charge in [0.1, 0.15) is 22.7 Å². The number of ether oxygens (including phenoxy) is 3. The Morgan fingerprint density at radius 2 is 1.53 bits per heavy atom. The number of aliphatic hydroxyl groups is 2. The molecule has 3 aromatic carbocycles. The van der Waals surface area contributed by atoms with E-state index in [1.807, 2.05) is 50.2 Å². The molecule has 0 saturated carbocycles. The minimum Gasteiger partial charge on any atom is -0.504 e. The summed E-state index contributed by atoms with van der Waals surface area (Å²) in [6, 6.07) is 21.9. The highest BCUT2D eigenvalue weighted by Crippen LogP contribution is 2.43. The number of nitrogens with two attached hydrogens (primary N) is 1. The zero-order chi connectivity index (χ0) is 38.4. The van der Waals surface area contributed by atoms with E-state index in [1.165, 1.54) is 18.4 Å². The molecule has 0 aliphatic carbocycles. The fourth-order valence-electron chi connectivity index (χ4n) is 6.42. The van der Waals surface area contributed by atoms with Crippen molar-refractivity contribution in [1.29, 1.82) is 0 Å². The van der Waals surface area contributed by atoms with Gasteiger partial charge in [0, 0.05) is 25.6 Å². The molecular formula is C43H68N4O6. The molecule has 0 bridgehead atoms. The van der Waals surface area contributed by atoms with Crippen LogP contribution in [-0.4, -0.2) is 85.6 Å². The Bertz CT molecular complexity index is 1430. The fraction of sp³-hybridized carbons (Fsp3) is 0.581. The van der Waals surface area contributed by atoms with Crippen molar-refractivity contribution in [2.24, 2.45) is 5.73 Å². The van der Waals surface area contributed by atoms with Gasteiger partial charge in [0.05, 0.1) is 13.2 Å². The number of hydrogen-bond donors (Lipinski definition) is 7. The number of methoxy groups -OCH3 is 1. The average Bonchev–Trinajstić information content (AvgIpc) is 3.14. The minimum atomic E-state index is -0.990. The molecule has 1 aliphatic rings. The maximum Gasteiger partial charge on any atom is 0.160 e. The summed E-state index contributed by atoms with van der Waals surface area (Å²) in [5.41, 5.74) is 7.17. The third-order valence-electron chi connectivity index (χ3n) is 9.81. The van der Waals surface area contributed by atoms with E-state index >= 15 is 0 Å². The monoisotopic (exact) mass is 737 g/mol. The van der Waals surface area contributed by atoms with Crippen LogP contribution in [0.25, 0.3) is 0 Å².